The molecule has 0 aliphatic heterocycles. The molecule has 106 valence electrons. The second-order valence-corrected chi connectivity index (χ2v) is 4.36. The number of carbonyl (C=O) groups excluding carboxylic acids is 2. The first-order chi connectivity index (χ1) is 10.0. The number of methoxy groups -OCH3 is 1. The third-order valence-corrected chi connectivity index (χ3v) is 3.00. The Hall–Kier alpha value is -2.95. The van der Waals surface area contributed by atoms with Crippen molar-refractivity contribution in [2.75, 3.05) is 12.8 Å². The number of hydrogen-bond acceptors (Lipinski definition) is 5. The standard InChI is InChI=1S/C16H14N2O3/c1-21-16(20)11-6-4-5-10(9-11)15(19)14(18)12-7-2-3-8-13(12)17/h2-9,18H,17H2,1H3. The molecule has 0 fully saturated rings. The van der Waals surface area contributed by atoms with Crippen molar-refractivity contribution >= 4 is 23.2 Å². The summed E-state index contributed by atoms with van der Waals surface area (Å²) in [6.45, 7) is 0. The van der Waals surface area contributed by atoms with Crippen molar-refractivity contribution in [3.63, 3.8) is 0 Å². The Labute approximate surface area is 121 Å². The van der Waals surface area contributed by atoms with Gasteiger partial charge < -0.3 is 10.5 Å². The van der Waals surface area contributed by atoms with E-state index in [0.717, 1.165) is 0 Å². The van der Waals surface area contributed by atoms with Crippen LogP contribution in [0.5, 0.6) is 0 Å². The smallest absolute Gasteiger partial charge is 0.337 e. The third-order valence-electron chi connectivity index (χ3n) is 3.00. The summed E-state index contributed by atoms with van der Waals surface area (Å²) in [5.74, 6) is -1.03. The van der Waals surface area contributed by atoms with Gasteiger partial charge in [-0.1, -0.05) is 30.3 Å². The number of nitrogen functional groups attached to an aromatic ring is 1. The van der Waals surface area contributed by atoms with Crippen LogP contribution in [0.1, 0.15) is 26.3 Å². The minimum absolute atomic E-state index is 0.213. The first-order valence-corrected chi connectivity index (χ1v) is 6.21. The van der Waals surface area contributed by atoms with E-state index in [4.69, 9.17) is 11.1 Å². The number of hydrogen-bond donors (Lipinski definition) is 2. The number of nitrogens with two attached hydrogens (primary N) is 1. The highest BCUT2D eigenvalue weighted by molar-refractivity contribution is 6.51. The lowest BCUT2D eigenvalue weighted by molar-refractivity contribution is 0.0600. The molecule has 2 rings (SSSR count). The molecule has 2 aromatic carbocycles. The first kappa shape index (κ1) is 14.5. The van der Waals surface area contributed by atoms with Gasteiger partial charge in [0.15, 0.2) is 0 Å². The zero-order valence-corrected chi connectivity index (χ0v) is 11.4. The number of carbonyl (C=O) groups is 2. The van der Waals surface area contributed by atoms with Gasteiger partial charge in [0, 0.05) is 16.8 Å². The van der Waals surface area contributed by atoms with Crippen LogP contribution in [0.2, 0.25) is 0 Å². The van der Waals surface area contributed by atoms with Gasteiger partial charge in [0.1, 0.15) is 5.71 Å². The predicted molar refractivity (Wildman–Crippen MR) is 79.8 cm³/mol. The van der Waals surface area contributed by atoms with E-state index in [0.29, 0.717) is 11.3 Å². The average Bonchev–Trinajstić information content (AvgIpc) is 2.53. The molecule has 0 aliphatic rings. The number of rotatable bonds is 4. The van der Waals surface area contributed by atoms with Gasteiger partial charge in [0.05, 0.1) is 12.7 Å². The fourth-order valence-corrected chi connectivity index (χ4v) is 1.90. The molecule has 0 aromatic heterocycles. The molecule has 21 heavy (non-hydrogen) atoms. The van der Waals surface area contributed by atoms with Crippen LogP contribution in [0.25, 0.3) is 0 Å². The van der Waals surface area contributed by atoms with Crippen LogP contribution < -0.4 is 5.73 Å². The van der Waals surface area contributed by atoms with E-state index < -0.39 is 11.8 Å². The number of para-hydroxylation sites is 1. The van der Waals surface area contributed by atoms with Crippen LogP contribution in [0.3, 0.4) is 0 Å². The van der Waals surface area contributed by atoms with E-state index in [2.05, 4.69) is 4.74 Å². The summed E-state index contributed by atoms with van der Waals surface area (Å²) in [6.07, 6.45) is 0. The predicted octanol–water partition coefficient (Wildman–Crippen LogP) is 2.31. The molecule has 3 N–H and O–H groups in total. The maximum atomic E-state index is 12.3. The molecular weight excluding hydrogens is 268 g/mol. The van der Waals surface area contributed by atoms with Crippen molar-refractivity contribution in [2.24, 2.45) is 0 Å². The minimum atomic E-state index is -0.532. The van der Waals surface area contributed by atoms with Crippen LogP contribution in [-0.4, -0.2) is 24.6 Å². The fraction of sp³-hybridized carbons (Fsp3) is 0.0625. The van der Waals surface area contributed by atoms with Crippen molar-refractivity contribution in [3.05, 3.63) is 65.2 Å². The number of esters is 1. The highest BCUT2D eigenvalue weighted by Crippen LogP contribution is 2.15. The van der Waals surface area contributed by atoms with Gasteiger partial charge in [-0.05, 0) is 18.2 Å². The van der Waals surface area contributed by atoms with E-state index in [1.807, 2.05) is 0 Å². The molecule has 0 amide bonds. The van der Waals surface area contributed by atoms with Crippen molar-refractivity contribution in [2.45, 2.75) is 0 Å². The van der Waals surface area contributed by atoms with Crippen LogP contribution >= 0.6 is 0 Å². The van der Waals surface area contributed by atoms with Crippen LogP contribution in [0, 0.1) is 5.41 Å². The van der Waals surface area contributed by atoms with Gasteiger partial charge in [-0.25, -0.2) is 4.79 Å². The Morgan fingerprint density at radius 3 is 2.38 bits per heavy atom. The second kappa shape index (κ2) is 6.00. The lowest BCUT2D eigenvalue weighted by Crippen LogP contribution is -2.16. The normalized spacial score (nSPS) is 9.95. The summed E-state index contributed by atoms with van der Waals surface area (Å²) in [5.41, 5.74) is 6.79. The quantitative estimate of drug-likeness (QED) is 0.389. The van der Waals surface area contributed by atoms with Crippen LogP contribution in [0.15, 0.2) is 48.5 Å². The summed E-state index contributed by atoms with van der Waals surface area (Å²) < 4.78 is 4.61. The van der Waals surface area contributed by atoms with Crippen LogP contribution in [-0.2, 0) is 4.74 Å². The number of Topliss-reactive ketones (excluding diaryl/α,β-unsaturated/α-hetero) is 1. The molecule has 5 nitrogen and oxygen atoms in total. The van der Waals surface area contributed by atoms with Gasteiger partial charge in [0.2, 0.25) is 5.78 Å². The zero-order valence-electron chi connectivity index (χ0n) is 11.4. The summed E-state index contributed by atoms with van der Waals surface area (Å²) in [7, 11) is 1.27. The fourth-order valence-electron chi connectivity index (χ4n) is 1.90. The van der Waals surface area contributed by atoms with Gasteiger partial charge in [-0.15, -0.1) is 0 Å². The Morgan fingerprint density at radius 1 is 1.05 bits per heavy atom. The second-order valence-electron chi connectivity index (χ2n) is 4.36. The van der Waals surface area contributed by atoms with E-state index in [1.54, 1.807) is 42.5 Å². The molecular formula is C16H14N2O3. The van der Waals surface area contributed by atoms with Gasteiger partial charge in [-0.2, -0.15) is 0 Å². The Kier molecular flexibility index (Phi) is 4.13. The topological polar surface area (TPSA) is 93.2 Å². The first-order valence-electron chi connectivity index (χ1n) is 6.21. The van der Waals surface area contributed by atoms with E-state index in [9.17, 15) is 9.59 Å². The molecule has 0 unspecified atom stereocenters. The van der Waals surface area contributed by atoms with Crippen LogP contribution in [0.4, 0.5) is 5.69 Å². The number of ketones is 1. The summed E-state index contributed by atoms with van der Waals surface area (Å²) in [4.78, 5) is 23.8. The lowest BCUT2D eigenvalue weighted by Gasteiger charge is -2.07. The number of ether oxygens (including phenoxy) is 1. The lowest BCUT2D eigenvalue weighted by atomic mass is 9.98. The zero-order chi connectivity index (χ0) is 15.4. The summed E-state index contributed by atoms with van der Waals surface area (Å²) in [5, 5.41) is 7.99. The largest absolute Gasteiger partial charge is 0.465 e. The SMILES string of the molecule is COC(=O)c1cccc(C(=O)C(=N)c2ccccc2N)c1. The van der Waals surface area contributed by atoms with Crippen molar-refractivity contribution in [1.82, 2.24) is 0 Å². The van der Waals surface area contributed by atoms with Crippen molar-refractivity contribution in [1.29, 1.82) is 5.41 Å². The summed E-state index contributed by atoms with van der Waals surface area (Å²) >= 11 is 0. The molecule has 0 aliphatic carbocycles. The Bertz CT molecular complexity index is 723. The van der Waals surface area contributed by atoms with Gasteiger partial charge in [0.25, 0.3) is 0 Å². The Morgan fingerprint density at radius 2 is 1.71 bits per heavy atom. The average molecular weight is 282 g/mol. The Balaban J connectivity index is 2.34. The molecule has 0 spiro atoms. The maximum Gasteiger partial charge on any atom is 0.337 e. The molecule has 0 heterocycles. The molecule has 0 saturated carbocycles. The monoisotopic (exact) mass is 282 g/mol. The van der Waals surface area contributed by atoms with Crippen molar-refractivity contribution < 1.29 is 14.3 Å². The number of nitrogens with one attached hydrogen (secondary N) is 1. The van der Waals surface area contributed by atoms with Gasteiger partial charge in [-0.3, -0.25) is 10.2 Å². The highest BCUT2D eigenvalue weighted by atomic mass is 16.5. The molecule has 0 saturated heterocycles. The van der Waals surface area contributed by atoms with Crippen molar-refractivity contribution in [3.8, 4) is 0 Å². The van der Waals surface area contributed by atoms with E-state index in [1.165, 1.54) is 13.2 Å². The minimum Gasteiger partial charge on any atom is -0.465 e. The number of benzene rings is 2. The molecule has 0 bridgehead atoms. The summed E-state index contributed by atoms with van der Waals surface area (Å²) in [6, 6.07) is 12.7. The maximum absolute atomic E-state index is 12.3. The molecule has 5 heteroatoms. The molecule has 0 atom stereocenters. The third kappa shape index (κ3) is 2.97. The van der Waals surface area contributed by atoms with E-state index >= 15 is 0 Å². The highest BCUT2D eigenvalue weighted by Gasteiger charge is 2.17. The molecule has 0 radical (unpaired) electrons. The van der Waals surface area contributed by atoms with E-state index in [-0.39, 0.29) is 16.8 Å². The van der Waals surface area contributed by atoms with Gasteiger partial charge >= 0.3 is 5.97 Å². The number of anilines is 1. The molecule has 2 aromatic rings.